The lowest BCUT2D eigenvalue weighted by atomic mass is 10.2. The summed E-state index contributed by atoms with van der Waals surface area (Å²) in [6.45, 7) is 1.78. The van der Waals surface area contributed by atoms with Gasteiger partial charge in [0.2, 0.25) is 6.10 Å². The SMILES string of the molecule is C[C@@H]1C[C@H](OC(=O)c2ccc(-n3cccc3)cc2)C(=O)O1. The fourth-order valence-electron chi connectivity index (χ4n) is 2.29. The van der Waals surface area contributed by atoms with Gasteiger partial charge < -0.3 is 14.0 Å². The lowest BCUT2D eigenvalue weighted by Crippen LogP contribution is -2.22. The summed E-state index contributed by atoms with van der Waals surface area (Å²) >= 11 is 0. The Balaban J connectivity index is 1.69. The Bertz CT molecular complexity index is 645. The molecular weight excluding hydrogens is 270 g/mol. The van der Waals surface area contributed by atoms with Crippen LogP contribution in [-0.4, -0.2) is 28.7 Å². The molecule has 0 radical (unpaired) electrons. The largest absolute Gasteiger partial charge is 0.460 e. The van der Waals surface area contributed by atoms with E-state index in [0.717, 1.165) is 5.69 Å². The molecule has 5 heteroatoms. The van der Waals surface area contributed by atoms with Crippen LogP contribution in [0.1, 0.15) is 23.7 Å². The molecule has 2 aromatic rings. The van der Waals surface area contributed by atoms with Crippen LogP contribution in [0, 0.1) is 0 Å². The number of nitrogens with zero attached hydrogens (tertiary/aromatic N) is 1. The van der Waals surface area contributed by atoms with Gasteiger partial charge in [0.1, 0.15) is 6.10 Å². The van der Waals surface area contributed by atoms with Crippen molar-refractivity contribution in [2.75, 3.05) is 0 Å². The van der Waals surface area contributed by atoms with E-state index in [2.05, 4.69) is 0 Å². The first-order valence-corrected chi connectivity index (χ1v) is 6.78. The number of carbonyl (C=O) groups is 2. The van der Waals surface area contributed by atoms with E-state index in [1.165, 1.54) is 0 Å². The molecule has 1 aliphatic heterocycles. The van der Waals surface area contributed by atoms with Crippen LogP contribution < -0.4 is 0 Å². The Labute approximate surface area is 122 Å². The zero-order valence-electron chi connectivity index (χ0n) is 11.6. The highest BCUT2D eigenvalue weighted by Crippen LogP contribution is 2.19. The van der Waals surface area contributed by atoms with Gasteiger partial charge in [-0.2, -0.15) is 0 Å². The second-order valence-corrected chi connectivity index (χ2v) is 5.01. The lowest BCUT2D eigenvalue weighted by Gasteiger charge is -2.09. The van der Waals surface area contributed by atoms with Gasteiger partial charge in [-0.1, -0.05) is 0 Å². The van der Waals surface area contributed by atoms with Crippen molar-refractivity contribution in [2.24, 2.45) is 0 Å². The number of benzene rings is 1. The summed E-state index contributed by atoms with van der Waals surface area (Å²) in [7, 11) is 0. The first-order chi connectivity index (χ1) is 10.1. The standard InChI is InChI=1S/C16H15NO4/c1-11-10-14(16(19)20-11)21-15(18)12-4-6-13(7-5-12)17-8-2-3-9-17/h2-9,11,14H,10H2,1H3/t11-,14+/m1/s1. The molecule has 0 saturated carbocycles. The molecule has 1 fully saturated rings. The minimum absolute atomic E-state index is 0.202. The topological polar surface area (TPSA) is 57.5 Å². The van der Waals surface area contributed by atoms with E-state index in [-0.39, 0.29) is 6.10 Å². The zero-order valence-corrected chi connectivity index (χ0v) is 11.6. The summed E-state index contributed by atoms with van der Waals surface area (Å²) in [5.74, 6) is -0.982. The lowest BCUT2D eigenvalue weighted by molar-refractivity contribution is -0.147. The molecule has 5 nitrogen and oxygen atoms in total. The van der Waals surface area contributed by atoms with E-state index in [4.69, 9.17) is 9.47 Å². The molecule has 2 heterocycles. The molecule has 108 valence electrons. The van der Waals surface area contributed by atoms with Gasteiger partial charge in [-0.05, 0) is 43.3 Å². The van der Waals surface area contributed by atoms with E-state index in [1.807, 2.05) is 41.2 Å². The number of esters is 2. The third kappa shape index (κ3) is 2.81. The molecule has 1 aromatic carbocycles. The summed E-state index contributed by atoms with van der Waals surface area (Å²) in [6, 6.07) is 10.9. The van der Waals surface area contributed by atoms with Crippen molar-refractivity contribution in [3.63, 3.8) is 0 Å². The van der Waals surface area contributed by atoms with E-state index in [0.29, 0.717) is 12.0 Å². The summed E-state index contributed by atoms with van der Waals surface area (Å²) in [6.07, 6.45) is 3.25. The Hall–Kier alpha value is -2.56. The number of carbonyl (C=O) groups excluding carboxylic acids is 2. The van der Waals surface area contributed by atoms with Gasteiger partial charge in [0.15, 0.2) is 0 Å². The average Bonchev–Trinajstić information content (AvgIpc) is 3.10. The Morgan fingerprint density at radius 1 is 1.24 bits per heavy atom. The number of rotatable bonds is 3. The van der Waals surface area contributed by atoms with Crippen LogP contribution in [0.3, 0.4) is 0 Å². The maximum absolute atomic E-state index is 12.0. The van der Waals surface area contributed by atoms with Gasteiger partial charge >= 0.3 is 11.9 Å². The quantitative estimate of drug-likeness (QED) is 0.812. The molecule has 0 bridgehead atoms. The molecule has 2 atom stereocenters. The van der Waals surface area contributed by atoms with Gasteiger partial charge in [0, 0.05) is 24.5 Å². The fourth-order valence-corrected chi connectivity index (χ4v) is 2.29. The zero-order chi connectivity index (χ0) is 14.8. The van der Waals surface area contributed by atoms with E-state index in [9.17, 15) is 9.59 Å². The predicted molar refractivity (Wildman–Crippen MR) is 75.1 cm³/mol. The highest BCUT2D eigenvalue weighted by Gasteiger charge is 2.35. The molecule has 1 aromatic heterocycles. The number of cyclic esters (lactones) is 1. The van der Waals surface area contributed by atoms with E-state index in [1.54, 1.807) is 19.1 Å². The van der Waals surface area contributed by atoms with E-state index < -0.39 is 18.0 Å². The first-order valence-electron chi connectivity index (χ1n) is 6.78. The Kier molecular flexibility index (Phi) is 3.48. The third-order valence-corrected chi connectivity index (χ3v) is 3.38. The summed E-state index contributed by atoms with van der Waals surface area (Å²) in [5.41, 5.74) is 1.36. The number of hydrogen-bond acceptors (Lipinski definition) is 4. The maximum atomic E-state index is 12.0. The average molecular weight is 285 g/mol. The van der Waals surface area contributed by atoms with Crippen LogP contribution in [-0.2, 0) is 14.3 Å². The molecule has 0 spiro atoms. The van der Waals surface area contributed by atoms with E-state index >= 15 is 0 Å². The molecule has 0 amide bonds. The highest BCUT2D eigenvalue weighted by molar-refractivity contribution is 5.92. The summed E-state index contributed by atoms with van der Waals surface area (Å²) in [4.78, 5) is 23.5. The van der Waals surface area contributed by atoms with Crippen LogP contribution in [0.5, 0.6) is 0 Å². The van der Waals surface area contributed by atoms with Crippen molar-refractivity contribution in [3.05, 3.63) is 54.4 Å². The van der Waals surface area contributed by atoms with Gasteiger partial charge in [0.25, 0.3) is 0 Å². The van der Waals surface area contributed by atoms with Crippen molar-refractivity contribution in [3.8, 4) is 5.69 Å². The van der Waals surface area contributed by atoms with Crippen molar-refractivity contribution in [2.45, 2.75) is 25.6 Å². The maximum Gasteiger partial charge on any atom is 0.347 e. The van der Waals surface area contributed by atoms with Crippen molar-refractivity contribution in [1.29, 1.82) is 0 Å². The summed E-state index contributed by atoms with van der Waals surface area (Å²) < 4.78 is 12.1. The smallest absolute Gasteiger partial charge is 0.347 e. The fraction of sp³-hybridized carbons (Fsp3) is 0.250. The van der Waals surface area contributed by atoms with Gasteiger partial charge in [-0.3, -0.25) is 0 Å². The second kappa shape index (κ2) is 5.44. The van der Waals surface area contributed by atoms with Crippen molar-refractivity contribution in [1.82, 2.24) is 4.57 Å². The molecule has 0 unspecified atom stereocenters. The second-order valence-electron chi connectivity index (χ2n) is 5.01. The summed E-state index contributed by atoms with van der Waals surface area (Å²) in [5, 5.41) is 0. The molecule has 0 aliphatic carbocycles. The first kappa shape index (κ1) is 13.4. The molecule has 21 heavy (non-hydrogen) atoms. The normalized spacial score (nSPS) is 21.1. The van der Waals surface area contributed by atoms with Crippen LogP contribution >= 0.6 is 0 Å². The minimum Gasteiger partial charge on any atom is -0.460 e. The predicted octanol–water partition coefficient (Wildman–Crippen LogP) is 2.34. The van der Waals surface area contributed by atoms with Crippen LogP contribution in [0.15, 0.2) is 48.8 Å². The molecule has 1 saturated heterocycles. The minimum atomic E-state index is -0.795. The third-order valence-electron chi connectivity index (χ3n) is 3.38. The van der Waals surface area contributed by atoms with Gasteiger partial charge in [-0.15, -0.1) is 0 Å². The van der Waals surface area contributed by atoms with Crippen molar-refractivity contribution >= 4 is 11.9 Å². The number of aromatic nitrogens is 1. The van der Waals surface area contributed by atoms with Crippen LogP contribution in [0.2, 0.25) is 0 Å². The number of ether oxygens (including phenoxy) is 2. The Morgan fingerprint density at radius 2 is 1.90 bits per heavy atom. The van der Waals surface area contributed by atoms with Crippen molar-refractivity contribution < 1.29 is 19.1 Å². The van der Waals surface area contributed by atoms with Gasteiger partial charge in [0.05, 0.1) is 5.56 Å². The molecule has 0 N–H and O–H groups in total. The molecule has 3 rings (SSSR count). The van der Waals surface area contributed by atoms with Gasteiger partial charge in [-0.25, -0.2) is 9.59 Å². The molecule has 1 aliphatic rings. The van der Waals surface area contributed by atoms with Crippen LogP contribution in [0.4, 0.5) is 0 Å². The highest BCUT2D eigenvalue weighted by atomic mass is 16.6. The number of hydrogen-bond donors (Lipinski definition) is 0. The van der Waals surface area contributed by atoms with Crippen LogP contribution in [0.25, 0.3) is 5.69 Å². The monoisotopic (exact) mass is 285 g/mol. The Morgan fingerprint density at radius 3 is 2.48 bits per heavy atom. The molecular formula is C16H15NO4.